The lowest BCUT2D eigenvalue weighted by Crippen LogP contribution is -2.30. The molecule has 0 bridgehead atoms. The standard InChI is InChI=1S/C27H27F2IN2O3/c1-3-32(4-2)16-22(33)10-17-6-5-7-23(11-17)35-25-14-20(28)13-19(26(25)27(31)34)12-18-8-9-21(30)15-24(18)29/h5-9,11,13-15H,3-4,10,12,16H2,1-2H3,(H2,31,34). The van der Waals surface area contributed by atoms with Crippen LogP contribution in [0.3, 0.4) is 0 Å². The zero-order valence-electron chi connectivity index (χ0n) is 19.6. The molecule has 0 radical (unpaired) electrons. The highest BCUT2D eigenvalue weighted by atomic mass is 127. The van der Waals surface area contributed by atoms with E-state index in [1.54, 1.807) is 36.4 Å². The highest BCUT2D eigenvalue weighted by molar-refractivity contribution is 14.1. The number of amides is 1. The number of Topliss-reactive ketones (excluding diaryl/α,β-unsaturated/α-hetero) is 1. The Bertz CT molecular complexity index is 1230. The summed E-state index contributed by atoms with van der Waals surface area (Å²) in [4.78, 5) is 26.8. The van der Waals surface area contributed by atoms with Crippen LogP contribution in [0.15, 0.2) is 54.6 Å². The van der Waals surface area contributed by atoms with E-state index in [9.17, 15) is 18.4 Å². The summed E-state index contributed by atoms with van der Waals surface area (Å²) in [5.74, 6) is -1.58. The molecule has 8 heteroatoms. The number of carbonyl (C=O) groups is 2. The number of benzene rings is 3. The van der Waals surface area contributed by atoms with E-state index >= 15 is 0 Å². The highest BCUT2D eigenvalue weighted by Crippen LogP contribution is 2.31. The number of nitrogens with zero attached hydrogens (tertiary/aromatic N) is 1. The van der Waals surface area contributed by atoms with Crippen molar-refractivity contribution in [3.63, 3.8) is 0 Å². The topological polar surface area (TPSA) is 72.6 Å². The first kappa shape index (κ1) is 26.7. The molecule has 0 saturated carbocycles. The molecule has 5 nitrogen and oxygen atoms in total. The SMILES string of the molecule is CCN(CC)CC(=O)Cc1cccc(Oc2cc(F)cc(Cc3ccc(I)cc3F)c2C(N)=O)c1. The Kier molecular flexibility index (Phi) is 9.33. The molecule has 1 amide bonds. The quantitative estimate of drug-likeness (QED) is 0.299. The Hall–Kier alpha value is -2.85. The highest BCUT2D eigenvalue weighted by Gasteiger charge is 2.20. The number of carbonyl (C=O) groups excluding carboxylic acids is 2. The van der Waals surface area contributed by atoms with E-state index in [0.717, 1.165) is 34.4 Å². The molecule has 0 aliphatic carbocycles. The zero-order valence-corrected chi connectivity index (χ0v) is 21.8. The number of likely N-dealkylation sites (N-methyl/N-ethyl adjacent to an activating group) is 1. The van der Waals surface area contributed by atoms with E-state index < -0.39 is 17.5 Å². The van der Waals surface area contributed by atoms with E-state index in [-0.39, 0.29) is 35.5 Å². The van der Waals surface area contributed by atoms with Crippen molar-refractivity contribution in [2.75, 3.05) is 19.6 Å². The summed E-state index contributed by atoms with van der Waals surface area (Å²) in [6.45, 7) is 5.93. The van der Waals surface area contributed by atoms with Gasteiger partial charge in [0.15, 0.2) is 5.78 Å². The average Bonchev–Trinajstić information content (AvgIpc) is 2.79. The van der Waals surface area contributed by atoms with E-state index in [4.69, 9.17) is 10.5 Å². The van der Waals surface area contributed by atoms with Crippen LogP contribution in [-0.4, -0.2) is 36.2 Å². The van der Waals surface area contributed by atoms with Crippen molar-refractivity contribution in [1.82, 2.24) is 4.90 Å². The number of halogens is 3. The third-order valence-electron chi connectivity index (χ3n) is 5.61. The third kappa shape index (κ3) is 7.32. The third-order valence-corrected chi connectivity index (χ3v) is 6.28. The van der Waals surface area contributed by atoms with Gasteiger partial charge in [0, 0.05) is 22.5 Å². The average molecular weight is 592 g/mol. The Labute approximate surface area is 217 Å². The van der Waals surface area contributed by atoms with E-state index in [2.05, 4.69) is 0 Å². The molecule has 2 N–H and O–H groups in total. The minimum Gasteiger partial charge on any atom is -0.456 e. The van der Waals surface area contributed by atoms with Gasteiger partial charge < -0.3 is 10.5 Å². The number of primary amides is 1. The van der Waals surface area contributed by atoms with Gasteiger partial charge in [-0.2, -0.15) is 0 Å². The Morgan fingerprint density at radius 1 is 1.00 bits per heavy atom. The van der Waals surface area contributed by atoms with Crippen LogP contribution in [0, 0.1) is 15.2 Å². The van der Waals surface area contributed by atoms with E-state index in [1.165, 1.54) is 6.07 Å². The molecular weight excluding hydrogens is 565 g/mol. The minimum atomic E-state index is -0.813. The maximum absolute atomic E-state index is 14.5. The van der Waals surface area contributed by atoms with Crippen LogP contribution in [0.25, 0.3) is 0 Å². The van der Waals surface area contributed by atoms with Crippen molar-refractivity contribution in [1.29, 1.82) is 0 Å². The number of rotatable bonds is 11. The lowest BCUT2D eigenvalue weighted by atomic mass is 9.98. The number of nitrogens with two attached hydrogens (primary N) is 1. The predicted octanol–water partition coefficient (Wildman–Crippen LogP) is 5.50. The molecule has 0 fully saturated rings. The summed E-state index contributed by atoms with van der Waals surface area (Å²) in [5.41, 5.74) is 6.86. The fourth-order valence-electron chi connectivity index (χ4n) is 3.83. The van der Waals surface area contributed by atoms with Gasteiger partial charge in [0.1, 0.15) is 23.1 Å². The van der Waals surface area contributed by atoms with Gasteiger partial charge in [-0.25, -0.2) is 8.78 Å². The fourth-order valence-corrected chi connectivity index (χ4v) is 4.29. The summed E-state index contributed by atoms with van der Waals surface area (Å²) in [6.07, 6.45) is 0.186. The molecule has 0 atom stereocenters. The number of ether oxygens (including phenoxy) is 1. The van der Waals surface area contributed by atoms with Gasteiger partial charge in [-0.05, 0) is 82.7 Å². The van der Waals surface area contributed by atoms with Gasteiger partial charge in [-0.1, -0.05) is 32.0 Å². The first-order valence-electron chi connectivity index (χ1n) is 11.3. The molecule has 0 heterocycles. The van der Waals surface area contributed by atoms with Crippen LogP contribution >= 0.6 is 22.6 Å². The van der Waals surface area contributed by atoms with Crippen molar-refractivity contribution >= 4 is 34.3 Å². The van der Waals surface area contributed by atoms with Crippen molar-refractivity contribution in [3.8, 4) is 11.5 Å². The summed E-state index contributed by atoms with van der Waals surface area (Å²) in [6, 6.07) is 13.8. The first-order valence-corrected chi connectivity index (χ1v) is 12.3. The van der Waals surface area contributed by atoms with Gasteiger partial charge in [0.25, 0.3) is 5.91 Å². The largest absolute Gasteiger partial charge is 0.456 e. The molecule has 0 saturated heterocycles. The maximum Gasteiger partial charge on any atom is 0.252 e. The fraction of sp³-hybridized carbons (Fsp3) is 0.259. The molecular formula is C27H27F2IN2O3. The van der Waals surface area contributed by atoms with Crippen LogP contribution in [0.2, 0.25) is 0 Å². The van der Waals surface area contributed by atoms with Crippen LogP contribution in [0.1, 0.15) is 40.9 Å². The van der Waals surface area contributed by atoms with Crippen molar-refractivity contribution in [2.24, 2.45) is 5.73 Å². The second-order valence-electron chi connectivity index (χ2n) is 8.14. The minimum absolute atomic E-state index is 0.0210. The van der Waals surface area contributed by atoms with Gasteiger partial charge in [0.05, 0.1) is 12.1 Å². The molecule has 0 aliphatic rings. The lowest BCUT2D eigenvalue weighted by molar-refractivity contribution is -0.119. The summed E-state index contributed by atoms with van der Waals surface area (Å²) in [5, 5.41) is 0. The molecule has 0 spiro atoms. The first-order chi connectivity index (χ1) is 16.7. The molecule has 3 rings (SSSR count). The van der Waals surface area contributed by atoms with Gasteiger partial charge >= 0.3 is 0 Å². The smallest absolute Gasteiger partial charge is 0.252 e. The maximum atomic E-state index is 14.5. The normalized spacial score (nSPS) is 11.0. The number of hydrogen-bond donors (Lipinski definition) is 1. The van der Waals surface area contributed by atoms with Gasteiger partial charge in [-0.15, -0.1) is 0 Å². The second kappa shape index (κ2) is 12.2. The summed E-state index contributed by atoms with van der Waals surface area (Å²) in [7, 11) is 0. The van der Waals surface area contributed by atoms with E-state index in [0.29, 0.717) is 17.9 Å². The Morgan fingerprint density at radius 2 is 1.74 bits per heavy atom. The molecule has 3 aromatic carbocycles. The predicted molar refractivity (Wildman–Crippen MR) is 140 cm³/mol. The molecule has 35 heavy (non-hydrogen) atoms. The Balaban J connectivity index is 1.88. The monoisotopic (exact) mass is 592 g/mol. The number of hydrogen-bond acceptors (Lipinski definition) is 4. The zero-order chi connectivity index (χ0) is 25.5. The van der Waals surface area contributed by atoms with Crippen LogP contribution in [0.5, 0.6) is 11.5 Å². The van der Waals surface area contributed by atoms with Crippen molar-refractivity contribution < 1.29 is 23.1 Å². The van der Waals surface area contributed by atoms with Gasteiger partial charge in [0.2, 0.25) is 0 Å². The van der Waals surface area contributed by atoms with Crippen molar-refractivity contribution in [3.05, 3.63) is 92.1 Å². The lowest BCUT2D eigenvalue weighted by Gasteiger charge is -2.17. The number of ketones is 1. The van der Waals surface area contributed by atoms with Crippen LogP contribution < -0.4 is 10.5 Å². The van der Waals surface area contributed by atoms with Crippen LogP contribution in [0.4, 0.5) is 8.78 Å². The van der Waals surface area contributed by atoms with Crippen LogP contribution in [-0.2, 0) is 17.6 Å². The molecule has 0 unspecified atom stereocenters. The Morgan fingerprint density at radius 3 is 2.40 bits per heavy atom. The summed E-state index contributed by atoms with van der Waals surface area (Å²) < 4.78 is 35.5. The van der Waals surface area contributed by atoms with Gasteiger partial charge in [-0.3, -0.25) is 14.5 Å². The van der Waals surface area contributed by atoms with E-state index in [1.807, 2.05) is 41.3 Å². The molecule has 0 aromatic heterocycles. The molecule has 0 aliphatic heterocycles. The molecule has 3 aromatic rings. The molecule has 184 valence electrons. The summed E-state index contributed by atoms with van der Waals surface area (Å²) >= 11 is 1.99. The second-order valence-corrected chi connectivity index (χ2v) is 9.39. The van der Waals surface area contributed by atoms with Crippen molar-refractivity contribution in [2.45, 2.75) is 26.7 Å².